The molecule has 3 atom stereocenters. The van der Waals surface area contributed by atoms with Gasteiger partial charge < -0.3 is 9.47 Å². The molecule has 1 aromatic carbocycles. The molecule has 0 bridgehead atoms. The first-order valence-corrected chi connectivity index (χ1v) is 9.61. The van der Waals surface area contributed by atoms with Gasteiger partial charge in [-0.25, -0.2) is 4.98 Å². The number of ketones is 1. The normalized spacial score (nSPS) is 19.1. The number of alkyl halides is 3. The maximum absolute atomic E-state index is 12.6. The lowest BCUT2D eigenvalue weighted by Gasteiger charge is -2.28. The minimum atomic E-state index is -4.46. The van der Waals surface area contributed by atoms with Gasteiger partial charge in [-0.2, -0.15) is 18.1 Å². The zero-order chi connectivity index (χ0) is 21.7. The predicted octanol–water partition coefficient (Wildman–Crippen LogP) is 5.55. The first kappa shape index (κ1) is 21.7. The molecule has 160 valence electrons. The molecule has 0 amide bonds. The molecule has 1 heterocycles. The average Bonchev–Trinajstić information content (AvgIpc) is 2.71. The Morgan fingerprint density at radius 1 is 1.10 bits per heavy atom. The molecule has 1 aromatic heterocycles. The second kappa shape index (κ2) is 9.23. The molecule has 3 rings (SSSR count). The van der Waals surface area contributed by atoms with Crippen molar-refractivity contribution in [1.82, 2.24) is 4.98 Å². The monoisotopic (exact) mass is 422 g/mol. The summed E-state index contributed by atoms with van der Waals surface area (Å²) in [6.07, 6.45) is -1.52. The lowest BCUT2D eigenvalue weighted by atomic mass is 9.81. The van der Waals surface area contributed by atoms with Crippen molar-refractivity contribution in [2.24, 2.45) is 11.1 Å². The van der Waals surface area contributed by atoms with Crippen molar-refractivity contribution in [3.05, 3.63) is 53.1 Å². The summed E-state index contributed by atoms with van der Waals surface area (Å²) >= 11 is 0. The molecule has 30 heavy (non-hydrogen) atoms. The predicted molar refractivity (Wildman–Crippen MR) is 102 cm³/mol. The van der Waals surface area contributed by atoms with Crippen molar-refractivity contribution < 1.29 is 27.4 Å². The lowest BCUT2D eigenvalue weighted by molar-refractivity contribution is -0.137. The van der Waals surface area contributed by atoms with Crippen LogP contribution < -0.4 is 9.47 Å². The molecule has 0 N–H and O–H groups in total. The molecule has 2 aromatic rings. The van der Waals surface area contributed by atoms with Gasteiger partial charge in [-0.15, -0.1) is 0 Å². The molecule has 6 nitrogen and oxygen atoms in total. The van der Waals surface area contributed by atoms with Crippen LogP contribution in [-0.4, -0.2) is 22.9 Å². The summed E-state index contributed by atoms with van der Waals surface area (Å²) in [5, 5.41) is 3.15. The fraction of sp³-hybridized carbons (Fsp3) is 0.429. The van der Waals surface area contributed by atoms with Crippen molar-refractivity contribution in [2.75, 3.05) is 0 Å². The van der Waals surface area contributed by atoms with Gasteiger partial charge in [0.05, 0.1) is 5.56 Å². The fourth-order valence-corrected chi connectivity index (χ4v) is 3.46. The number of halogens is 3. The summed E-state index contributed by atoms with van der Waals surface area (Å²) in [4.78, 5) is 27.1. The Kier molecular flexibility index (Phi) is 6.69. The number of aromatic nitrogens is 1. The maximum atomic E-state index is 12.6. The van der Waals surface area contributed by atoms with E-state index in [1.54, 1.807) is 31.2 Å². The number of rotatable bonds is 7. The van der Waals surface area contributed by atoms with E-state index in [2.05, 4.69) is 10.2 Å². The number of carbonyl (C=O) groups is 1. The number of carbonyl (C=O) groups excluding carboxylic acids is 1. The number of hydrogen-bond donors (Lipinski definition) is 0. The highest BCUT2D eigenvalue weighted by molar-refractivity contribution is 5.82. The van der Waals surface area contributed by atoms with Crippen LogP contribution in [0.2, 0.25) is 0 Å². The molecule has 1 fully saturated rings. The fourth-order valence-electron chi connectivity index (χ4n) is 3.46. The van der Waals surface area contributed by atoms with Gasteiger partial charge in [0.1, 0.15) is 29.4 Å². The van der Waals surface area contributed by atoms with Crippen LogP contribution >= 0.6 is 0 Å². The van der Waals surface area contributed by atoms with E-state index in [4.69, 9.17) is 9.47 Å². The molecule has 0 aliphatic heterocycles. The standard InChI is InChI=1S/C21H21F3N2O4/c1-13(20(26-28)17-4-2-3-5-18(17)27)29-15-7-9-16(10-8-15)30-19-11-6-14(12-25-19)21(22,23)24/h6-13,17,20H,2-5H2,1H3. The minimum Gasteiger partial charge on any atom is -0.488 e. The Morgan fingerprint density at radius 3 is 2.37 bits per heavy atom. The van der Waals surface area contributed by atoms with Crippen LogP contribution in [0.5, 0.6) is 17.4 Å². The topological polar surface area (TPSA) is 77.8 Å². The van der Waals surface area contributed by atoms with Crippen LogP contribution in [0.4, 0.5) is 13.2 Å². The van der Waals surface area contributed by atoms with E-state index in [0.29, 0.717) is 30.5 Å². The average molecular weight is 422 g/mol. The number of Topliss-reactive ketones (excluding diaryl/α,β-unsaturated/α-hetero) is 1. The Labute approximate surface area is 171 Å². The number of hydrogen-bond acceptors (Lipinski definition) is 6. The summed E-state index contributed by atoms with van der Waals surface area (Å²) < 4.78 is 49.0. The number of ether oxygens (including phenoxy) is 2. The molecular weight excluding hydrogens is 401 g/mol. The highest BCUT2D eigenvalue weighted by Crippen LogP contribution is 2.31. The van der Waals surface area contributed by atoms with E-state index in [-0.39, 0.29) is 11.7 Å². The number of nitroso groups, excluding NO2 is 1. The van der Waals surface area contributed by atoms with Gasteiger partial charge in [-0.3, -0.25) is 4.79 Å². The summed E-state index contributed by atoms with van der Waals surface area (Å²) in [5.74, 6) is 0.460. The third-order valence-corrected chi connectivity index (χ3v) is 5.05. The highest BCUT2D eigenvalue weighted by Gasteiger charge is 2.36. The van der Waals surface area contributed by atoms with Crippen LogP contribution in [-0.2, 0) is 11.0 Å². The zero-order valence-electron chi connectivity index (χ0n) is 16.3. The van der Waals surface area contributed by atoms with Crippen molar-refractivity contribution in [2.45, 2.75) is 50.9 Å². The number of nitrogens with zero attached hydrogens (tertiary/aromatic N) is 2. The third kappa shape index (κ3) is 5.34. The molecule has 0 radical (unpaired) electrons. The van der Waals surface area contributed by atoms with Gasteiger partial charge in [0, 0.05) is 24.6 Å². The van der Waals surface area contributed by atoms with E-state index in [1.807, 2.05) is 0 Å². The molecule has 9 heteroatoms. The van der Waals surface area contributed by atoms with Gasteiger partial charge in [-0.05, 0) is 50.1 Å². The molecule has 1 saturated carbocycles. The van der Waals surface area contributed by atoms with Crippen LogP contribution in [0.1, 0.15) is 38.2 Å². The molecule has 1 aliphatic rings. The Bertz CT molecular complexity index is 869. The first-order valence-electron chi connectivity index (χ1n) is 9.61. The Hall–Kier alpha value is -2.97. The summed E-state index contributed by atoms with van der Waals surface area (Å²) in [5.41, 5.74) is -0.859. The molecule has 3 unspecified atom stereocenters. The van der Waals surface area contributed by atoms with Gasteiger partial charge in [0.25, 0.3) is 0 Å². The SMILES string of the molecule is CC(Oc1ccc(Oc2ccc(C(F)(F)F)cn2)cc1)C(N=O)C1CCCCC1=O. The molecular formula is C21H21F3N2O4. The minimum absolute atomic E-state index is 0.0195. The molecule has 0 spiro atoms. The van der Waals surface area contributed by atoms with Crippen LogP contribution in [0.3, 0.4) is 0 Å². The quantitative estimate of drug-likeness (QED) is 0.547. The van der Waals surface area contributed by atoms with Crippen LogP contribution in [0, 0.1) is 10.8 Å². The van der Waals surface area contributed by atoms with Gasteiger partial charge in [0.2, 0.25) is 5.88 Å². The summed E-state index contributed by atoms with van der Waals surface area (Å²) in [6, 6.07) is 7.59. The third-order valence-electron chi connectivity index (χ3n) is 5.05. The van der Waals surface area contributed by atoms with Crippen LogP contribution in [0.25, 0.3) is 0 Å². The van der Waals surface area contributed by atoms with Crippen molar-refractivity contribution in [3.63, 3.8) is 0 Å². The highest BCUT2D eigenvalue weighted by atomic mass is 19.4. The van der Waals surface area contributed by atoms with Crippen molar-refractivity contribution >= 4 is 5.78 Å². The zero-order valence-corrected chi connectivity index (χ0v) is 16.3. The Morgan fingerprint density at radius 2 is 1.80 bits per heavy atom. The number of pyridine rings is 1. The van der Waals surface area contributed by atoms with Crippen molar-refractivity contribution in [1.29, 1.82) is 0 Å². The Balaban J connectivity index is 1.61. The van der Waals surface area contributed by atoms with E-state index >= 15 is 0 Å². The van der Waals surface area contributed by atoms with Gasteiger partial charge in [0.15, 0.2) is 0 Å². The van der Waals surface area contributed by atoms with Crippen molar-refractivity contribution in [3.8, 4) is 17.4 Å². The largest absolute Gasteiger partial charge is 0.488 e. The van der Waals surface area contributed by atoms with Gasteiger partial charge >= 0.3 is 6.18 Å². The van der Waals surface area contributed by atoms with Crippen LogP contribution in [0.15, 0.2) is 47.8 Å². The van der Waals surface area contributed by atoms with E-state index in [0.717, 1.165) is 25.0 Å². The summed E-state index contributed by atoms with van der Waals surface area (Å²) in [7, 11) is 0. The number of benzene rings is 1. The first-order chi connectivity index (χ1) is 14.3. The molecule has 1 aliphatic carbocycles. The van der Waals surface area contributed by atoms with E-state index in [1.165, 1.54) is 0 Å². The smallest absolute Gasteiger partial charge is 0.417 e. The van der Waals surface area contributed by atoms with E-state index < -0.39 is 29.8 Å². The summed E-state index contributed by atoms with van der Waals surface area (Å²) in [6.45, 7) is 1.70. The maximum Gasteiger partial charge on any atom is 0.417 e. The van der Waals surface area contributed by atoms with Gasteiger partial charge in [-0.1, -0.05) is 11.6 Å². The lowest BCUT2D eigenvalue weighted by Crippen LogP contribution is -2.39. The van der Waals surface area contributed by atoms with E-state index in [9.17, 15) is 22.9 Å². The second-order valence-electron chi connectivity index (χ2n) is 7.19. The second-order valence-corrected chi connectivity index (χ2v) is 7.19. The molecule has 0 saturated heterocycles.